The number of rotatable bonds is 8. The molecule has 0 unspecified atom stereocenters. The van der Waals surface area contributed by atoms with Crippen LogP contribution < -0.4 is 10.9 Å². The molecule has 0 bridgehead atoms. The van der Waals surface area contributed by atoms with Crippen molar-refractivity contribution in [3.63, 3.8) is 0 Å². The number of aliphatic carboxylic acids is 2. The summed E-state index contributed by atoms with van der Waals surface area (Å²) in [5, 5.41) is 27.5. The van der Waals surface area contributed by atoms with E-state index in [1.54, 1.807) is 31.2 Å². The maximum Gasteiger partial charge on any atom is 0.490 e. The molecule has 7 N–H and O–H groups in total. The number of carbonyl (C=O) groups is 3. The van der Waals surface area contributed by atoms with Gasteiger partial charge in [-0.05, 0) is 42.7 Å². The second-order valence-electron chi connectivity index (χ2n) is 11.2. The van der Waals surface area contributed by atoms with Gasteiger partial charge in [-0.3, -0.25) is 15.1 Å². The van der Waals surface area contributed by atoms with Gasteiger partial charge in [0.05, 0.1) is 16.9 Å². The number of carbonyl (C=O) groups excluding carboxylic acids is 1. The summed E-state index contributed by atoms with van der Waals surface area (Å²) < 4.78 is 93.0. The molecule has 0 amide bonds. The lowest BCUT2D eigenvalue weighted by atomic mass is 9.76. The lowest BCUT2D eigenvalue weighted by Crippen LogP contribution is -2.37. The van der Waals surface area contributed by atoms with Crippen LogP contribution in [0.3, 0.4) is 0 Å². The van der Waals surface area contributed by atoms with Crippen LogP contribution in [0.1, 0.15) is 36.5 Å². The number of halogens is 6. The van der Waals surface area contributed by atoms with Crippen LogP contribution in [0.15, 0.2) is 77.7 Å². The minimum atomic E-state index is -5.08. The maximum absolute atomic E-state index is 13.1. The Morgan fingerprint density at radius 3 is 1.94 bits per heavy atom. The molecule has 1 fully saturated rings. The van der Waals surface area contributed by atoms with Crippen LogP contribution in [-0.4, -0.2) is 79.3 Å². The monoisotopic (exact) mass is 748 g/mol. The number of nitrogens with one attached hydrogen (secondary N) is 1. The van der Waals surface area contributed by atoms with E-state index in [1.165, 1.54) is 6.07 Å². The van der Waals surface area contributed by atoms with Crippen LogP contribution in [0.2, 0.25) is 0 Å². The molecule has 51 heavy (non-hydrogen) atoms. The molecule has 0 aromatic heterocycles. The summed E-state index contributed by atoms with van der Waals surface area (Å²) in [6, 6.07) is 21.8. The zero-order chi connectivity index (χ0) is 38.9. The number of hydrogen-bond acceptors (Lipinski definition) is 8. The standard InChI is InChI=1S/C28H32N4O4S.2C2HF3O2/c1-3-36-27(33)28(2)18-32(17-24(28)21-7-6-8-22(15-21)26(29)30)16-19-11-13-20(14-12-19)23-9-4-5-10-25(23)37(31,34)35;2*3-2(4,5)1(6)7/h4-15,24H,3,16-18H2,1-2H3,(H3,29,30)(H2,31,34,35);2*(H,6,7)/t24-,28+;;/m0../s1. The molecule has 0 saturated carbocycles. The van der Waals surface area contributed by atoms with Crippen LogP contribution in [0.4, 0.5) is 26.3 Å². The number of hydrogen-bond donors (Lipinski definition) is 5. The number of likely N-dealkylation sites (tertiary alicyclic amines) is 1. The Morgan fingerprint density at radius 1 is 0.941 bits per heavy atom. The van der Waals surface area contributed by atoms with Gasteiger partial charge < -0.3 is 20.7 Å². The van der Waals surface area contributed by atoms with Gasteiger partial charge in [-0.1, -0.05) is 60.7 Å². The summed E-state index contributed by atoms with van der Waals surface area (Å²) in [7, 11) is -3.85. The Labute approximate surface area is 288 Å². The van der Waals surface area contributed by atoms with E-state index >= 15 is 0 Å². The molecule has 3 aromatic carbocycles. The first kappa shape index (κ1) is 42.2. The average Bonchev–Trinajstić information content (AvgIpc) is 3.37. The molecule has 4 rings (SSSR count). The van der Waals surface area contributed by atoms with Gasteiger partial charge in [0.15, 0.2) is 0 Å². The van der Waals surface area contributed by atoms with Crippen molar-refractivity contribution in [3.05, 3.63) is 89.5 Å². The maximum atomic E-state index is 13.1. The SMILES string of the molecule is CCOC(=O)[C@]1(C)CN(Cc2ccc(-c3ccccc3S(N)(=O)=O)cc2)C[C@H]1c1cccc(C(=N)N)c1.O=C(O)C(F)(F)F.O=C(O)C(F)(F)F. The number of sulfonamides is 1. The summed E-state index contributed by atoms with van der Waals surface area (Å²) >= 11 is 0. The van der Waals surface area contributed by atoms with E-state index in [4.69, 9.17) is 40.8 Å². The van der Waals surface area contributed by atoms with Crippen molar-refractivity contribution in [1.29, 1.82) is 5.41 Å². The van der Waals surface area contributed by atoms with Crippen LogP contribution in [0.25, 0.3) is 11.1 Å². The lowest BCUT2D eigenvalue weighted by molar-refractivity contribution is -0.193. The van der Waals surface area contributed by atoms with E-state index in [0.717, 1.165) is 16.7 Å². The number of benzene rings is 3. The summed E-state index contributed by atoms with van der Waals surface area (Å²) in [6.45, 7) is 5.78. The predicted molar refractivity (Wildman–Crippen MR) is 171 cm³/mol. The molecular formula is C32H34F6N4O8S. The van der Waals surface area contributed by atoms with Crippen molar-refractivity contribution in [2.75, 3.05) is 19.7 Å². The third-order valence-corrected chi connectivity index (χ3v) is 8.42. The zero-order valence-corrected chi connectivity index (χ0v) is 27.8. The second kappa shape index (κ2) is 16.8. The molecule has 1 heterocycles. The fourth-order valence-electron chi connectivity index (χ4n) is 5.12. The van der Waals surface area contributed by atoms with Crippen LogP contribution in [0.5, 0.6) is 0 Å². The number of ether oxygens (including phenoxy) is 1. The highest BCUT2D eigenvalue weighted by Gasteiger charge is 2.50. The Balaban J connectivity index is 0.000000543. The number of nitrogens with zero attached hydrogens (tertiary/aromatic N) is 1. The third-order valence-electron chi connectivity index (χ3n) is 7.45. The molecule has 19 heteroatoms. The van der Waals surface area contributed by atoms with E-state index in [1.807, 2.05) is 49.4 Å². The first-order chi connectivity index (χ1) is 23.4. The number of alkyl halides is 6. The highest BCUT2D eigenvalue weighted by atomic mass is 32.2. The van der Waals surface area contributed by atoms with E-state index in [-0.39, 0.29) is 22.6 Å². The molecule has 0 aliphatic carbocycles. The Morgan fingerprint density at radius 2 is 1.47 bits per heavy atom. The number of nitrogen functional groups attached to an aromatic ring is 1. The number of carboxylic acids is 2. The van der Waals surface area contributed by atoms with Crippen LogP contribution >= 0.6 is 0 Å². The molecule has 12 nitrogen and oxygen atoms in total. The van der Waals surface area contributed by atoms with E-state index in [0.29, 0.717) is 37.4 Å². The number of nitrogens with two attached hydrogens (primary N) is 2. The van der Waals surface area contributed by atoms with E-state index in [9.17, 15) is 39.6 Å². The summed E-state index contributed by atoms with van der Waals surface area (Å²) in [6.07, 6.45) is -10.2. The molecule has 1 aliphatic heterocycles. The van der Waals surface area contributed by atoms with Gasteiger partial charge >= 0.3 is 30.3 Å². The van der Waals surface area contributed by atoms with E-state index < -0.39 is 39.7 Å². The Bertz CT molecular complexity index is 1810. The molecule has 1 saturated heterocycles. The van der Waals surface area contributed by atoms with Crippen molar-refractivity contribution in [3.8, 4) is 11.1 Å². The smallest absolute Gasteiger partial charge is 0.475 e. The minimum Gasteiger partial charge on any atom is -0.475 e. The molecular weight excluding hydrogens is 714 g/mol. The third kappa shape index (κ3) is 11.8. The summed E-state index contributed by atoms with van der Waals surface area (Å²) in [5.74, 6) is -5.91. The summed E-state index contributed by atoms with van der Waals surface area (Å²) in [5.41, 5.74) is 8.86. The largest absolute Gasteiger partial charge is 0.490 e. The quantitative estimate of drug-likeness (QED) is 0.0925. The molecule has 2 atom stereocenters. The lowest BCUT2D eigenvalue weighted by Gasteiger charge is -2.28. The minimum absolute atomic E-state index is 0.0151. The number of amidine groups is 1. The summed E-state index contributed by atoms with van der Waals surface area (Å²) in [4.78, 5) is 33.2. The van der Waals surface area contributed by atoms with Crippen molar-refractivity contribution in [1.82, 2.24) is 4.90 Å². The average molecular weight is 749 g/mol. The first-order valence-corrected chi connectivity index (χ1v) is 16.1. The van der Waals surface area contributed by atoms with Gasteiger partial charge in [0.25, 0.3) is 0 Å². The van der Waals surface area contributed by atoms with Gasteiger partial charge in [-0.15, -0.1) is 0 Å². The normalized spacial score (nSPS) is 17.6. The fourth-order valence-corrected chi connectivity index (χ4v) is 5.88. The number of esters is 1. The predicted octanol–water partition coefficient (Wildman–Crippen LogP) is 4.72. The van der Waals surface area contributed by atoms with Crippen LogP contribution in [0, 0.1) is 10.8 Å². The van der Waals surface area contributed by atoms with Crippen molar-refractivity contribution in [2.24, 2.45) is 16.3 Å². The van der Waals surface area contributed by atoms with Gasteiger partial charge in [-0.2, -0.15) is 26.3 Å². The highest BCUT2D eigenvalue weighted by Crippen LogP contribution is 2.44. The topological polar surface area (TPSA) is 214 Å². The zero-order valence-electron chi connectivity index (χ0n) is 27.0. The highest BCUT2D eigenvalue weighted by molar-refractivity contribution is 7.89. The molecule has 1 aliphatic rings. The van der Waals surface area contributed by atoms with Crippen molar-refractivity contribution < 1.29 is 64.1 Å². The Hall–Kier alpha value is -5.01. The molecule has 0 radical (unpaired) electrons. The second-order valence-corrected chi connectivity index (χ2v) is 12.8. The van der Waals surface area contributed by atoms with E-state index in [2.05, 4.69) is 4.90 Å². The first-order valence-electron chi connectivity index (χ1n) is 14.6. The fraction of sp³-hybridized carbons (Fsp3) is 0.312. The van der Waals surface area contributed by atoms with Crippen molar-refractivity contribution >= 4 is 33.8 Å². The van der Waals surface area contributed by atoms with Gasteiger partial charge in [0, 0.05) is 36.7 Å². The molecule has 0 spiro atoms. The van der Waals surface area contributed by atoms with Gasteiger partial charge in [0.2, 0.25) is 10.0 Å². The molecule has 3 aromatic rings. The number of primary sulfonamides is 1. The molecule has 278 valence electrons. The Kier molecular flexibility index (Phi) is 13.9. The number of carboxylic acid groups (broad SMARTS) is 2. The van der Waals surface area contributed by atoms with Crippen molar-refractivity contribution in [2.45, 2.75) is 43.6 Å². The van der Waals surface area contributed by atoms with Crippen LogP contribution in [-0.2, 0) is 35.7 Å². The van der Waals surface area contributed by atoms with Gasteiger partial charge in [-0.25, -0.2) is 23.1 Å². The van der Waals surface area contributed by atoms with Gasteiger partial charge in [0.1, 0.15) is 5.84 Å².